The molecule has 1 N–H and O–H groups in total. The predicted octanol–water partition coefficient (Wildman–Crippen LogP) is 4.22. The van der Waals surface area contributed by atoms with E-state index in [1.165, 1.54) is 10.4 Å². The van der Waals surface area contributed by atoms with Gasteiger partial charge in [-0.3, -0.25) is 0 Å². The molecule has 0 aliphatic carbocycles. The first-order valence-electron chi connectivity index (χ1n) is 6.20. The van der Waals surface area contributed by atoms with Crippen LogP contribution >= 0.6 is 22.9 Å². The second kappa shape index (κ2) is 6.42. The molecule has 1 aromatic heterocycles. The molecule has 19 heavy (non-hydrogen) atoms. The van der Waals surface area contributed by atoms with Crippen LogP contribution in [0.2, 0.25) is 4.34 Å². The standard InChI is InChI=1S/C15H18ClNOS/c1-10-8-14(19-15(10)16)12(17-2)9-11-6-4-5-7-13(11)18-3/h4-8,12,17H,9H2,1-3H3. The molecule has 0 spiro atoms. The SMILES string of the molecule is CNC(Cc1ccccc1OC)c1cc(C)c(Cl)s1. The molecule has 0 saturated carbocycles. The van der Waals surface area contributed by atoms with Crippen molar-refractivity contribution in [2.24, 2.45) is 0 Å². The first kappa shape index (κ1) is 14.4. The lowest BCUT2D eigenvalue weighted by Gasteiger charge is -2.16. The van der Waals surface area contributed by atoms with Crippen LogP contribution in [0.25, 0.3) is 0 Å². The number of likely N-dealkylation sites (N-methyl/N-ethyl adjacent to an activating group) is 1. The minimum Gasteiger partial charge on any atom is -0.496 e. The highest BCUT2D eigenvalue weighted by molar-refractivity contribution is 7.16. The lowest BCUT2D eigenvalue weighted by molar-refractivity contribution is 0.406. The molecule has 1 unspecified atom stereocenters. The van der Waals surface area contributed by atoms with Gasteiger partial charge >= 0.3 is 0 Å². The zero-order valence-electron chi connectivity index (χ0n) is 11.4. The predicted molar refractivity (Wildman–Crippen MR) is 82.6 cm³/mol. The van der Waals surface area contributed by atoms with Crippen molar-refractivity contribution >= 4 is 22.9 Å². The maximum Gasteiger partial charge on any atom is 0.122 e. The number of aryl methyl sites for hydroxylation is 1. The molecular formula is C15H18ClNOS. The van der Waals surface area contributed by atoms with Gasteiger partial charge in [-0.15, -0.1) is 11.3 Å². The summed E-state index contributed by atoms with van der Waals surface area (Å²) in [4.78, 5) is 1.26. The highest BCUT2D eigenvalue weighted by atomic mass is 35.5. The van der Waals surface area contributed by atoms with E-state index in [4.69, 9.17) is 16.3 Å². The van der Waals surface area contributed by atoms with Gasteiger partial charge in [-0.05, 0) is 43.7 Å². The molecule has 1 atom stereocenters. The number of thiophene rings is 1. The third-order valence-electron chi connectivity index (χ3n) is 3.18. The van der Waals surface area contributed by atoms with Crippen molar-refractivity contribution in [2.45, 2.75) is 19.4 Å². The molecular weight excluding hydrogens is 278 g/mol. The van der Waals surface area contributed by atoms with Crippen molar-refractivity contribution in [3.63, 3.8) is 0 Å². The number of hydrogen-bond donors (Lipinski definition) is 1. The molecule has 0 bridgehead atoms. The van der Waals surface area contributed by atoms with Crippen molar-refractivity contribution in [3.05, 3.63) is 50.7 Å². The Bertz CT molecular complexity index is 533. The molecule has 0 saturated heterocycles. The fourth-order valence-corrected chi connectivity index (χ4v) is 3.42. The highest BCUT2D eigenvalue weighted by Gasteiger charge is 2.16. The molecule has 4 heteroatoms. The van der Waals surface area contributed by atoms with Gasteiger partial charge in [0.2, 0.25) is 0 Å². The van der Waals surface area contributed by atoms with Gasteiger partial charge in [0.1, 0.15) is 5.75 Å². The number of hydrogen-bond acceptors (Lipinski definition) is 3. The van der Waals surface area contributed by atoms with E-state index in [2.05, 4.69) is 17.4 Å². The quantitative estimate of drug-likeness (QED) is 0.891. The van der Waals surface area contributed by atoms with Crippen molar-refractivity contribution in [2.75, 3.05) is 14.2 Å². The average Bonchev–Trinajstić information content (AvgIpc) is 2.76. The monoisotopic (exact) mass is 295 g/mol. The fraction of sp³-hybridized carbons (Fsp3) is 0.333. The first-order chi connectivity index (χ1) is 9.15. The molecule has 2 nitrogen and oxygen atoms in total. The summed E-state index contributed by atoms with van der Waals surface area (Å²) in [6.07, 6.45) is 0.886. The zero-order valence-corrected chi connectivity index (χ0v) is 12.9. The molecule has 0 radical (unpaired) electrons. The maximum atomic E-state index is 6.16. The number of halogens is 1. The summed E-state index contributed by atoms with van der Waals surface area (Å²) in [5.41, 5.74) is 2.34. The van der Waals surface area contributed by atoms with Crippen molar-refractivity contribution in [1.82, 2.24) is 5.32 Å². The topological polar surface area (TPSA) is 21.3 Å². The van der Waals surface area contributed by atoms with Gasteiger partial charge in [0.25, 0.3) is 0 Å². The summed E-state index contributed by atoms with van der Waals surface area (Å²) in [6, 6.07) is 10.5. The van der Waals surface area contributed by atoms with Crippen molar-refractivity contribution in [1.29, 1.82) is 0 Å². The average molecular weight is 296 g/mol. The Balaban J connectivity index is 2.23. The van der Waals surface area contributed by atoms with Crippen LogP contribution in [0.3, 0.4) is 0 Å². The largest absolute Gasteiger partial charge is 0.496 e. The van der Waals surface area contributed by atoms with Crippen LogP contribution in [-0.4, -0.2) is 14.2 Å². The first-order valence-corrected chi connectivity index (χ1v) is 7.40. The van der Waals surface area contributed by atoms with Gasteiger partial charge in [-0.1, -0.05) is 29.8 Å². The van der Waals surface area contributed by atoms with Gasteiger partial charge < -0.3 is 10.1 Å². The summed E-state index contributed by atoms with van der Waals surface area (Å²) < 4.78 is 6.28. The lowest BCUT2D eigenvalue weighted by atomic mass is 10.0. The van der Waals surface area contributed by atoms with E-state index in [1.807, 2.05) is 32.2 Å². The van der Waals surface area contributed by atoms with Crippen LogP contribution in [0.1, 0.15) is 22.0 Å². The molecule has 2 rings (SSSR count). The number of rotatable bonds is 5. The normalized spacial score (nSPS) is 12.4. The molecule has 0 fully saturated rings. The number of benzene rings is 1. The number of nitrogens with one attached hydrogen (secondary N) is 1. The molecule has 0 amide bonds. The second-order valence-electron chi connectivity index (χ2n) is 4.46. The molecule has 102 valence electrons. The van der Waals surface area contributed by atoms with Gasteiger partial charge in [0.15, 0.2) is 0 Å². The fourth-order valence-electron chi connectivity index (χ4n) is 2.09. The Morgan fingerprint density at radius 2 is 2.11 bits per heavy atom. The Kier molecular flexibility index (Phi) is 4.86. The van der Waals surface area contributed by atoms with E-state index >= 15 is 0 Å². The van der Waals surface area contributed by atoms with E-state index in [0.717, 1.165) is 22.1 Å². The lowest BCUT2D eigenvalue weighted by Crippen LogP contribution is -2.18. The summed E-state index contributed by atoms with van der Waals surface area (Å²) >= 11 is 7.80. The zero-order chi connectivity index (χ0) is 13.8. The number of methoxy groups -OCH3 is 1. The molecule has 0 aliphatic rings. The van der Waals surface area contributed by atoms with Crippen molar-refractivity contribution < 1.29 is 4.74 Å². The van der Waals surface area contributed by atoms with Crippen LogP contribution in [0.4, 0.5) is 0 Å². The molecule has 0 aliphatic heterocycles. The molecule has 1 heterocycles. The van der Waals surface area contributed by atoms with E-state index in [-0.39, 0.29) is 6.04 Å². The Morgan fingerprint density at radius 3 is 2.68 bits per heavy atom. The van der Waals surface area contributed by atoms with Crippen LogP contribution in [0, 0.1) is 6.92 Å². The summed E-state index contributed by atoms with van der Waals surface area (Å²) in [5, 5.41) is 3.35. The van der Waals surface area contributed by atoms with E-state index < -0.39 is 0 Å². The van der Waals surface area contributed by atoms with Gasteiger partial charge in [-0.2, -0.15) is 0 Å². The molecule has 2 aromatic rings. The van der Waals surface area contributed by atoms with Crippen LogP contribution in [-0.2, 0) is 6.42 Å². The van der Waals surface area contributed by atoms with Gasteiger partial charge in [-0.25, -0.2) is 0 Å². The number of ether oxygens (including phenoxy) is 1. The van der Waals surface area contributed by atoms with Crippen LogP contribution in [0.15, 0.2) is 30.3 Å². The van der Waals surface area contributed by atoms with E-state index in [1.54, 1.807) is 18.4 Å². The summed E-state index contributed by atoms with van der Waals surface area (Å²) in [5.74, 6) is 0.933. The smallest absolute Gasteiger partial charge is 0.122 e. The Labute approximate surface area is 123 Å². The second-order valence-corrected chi connectivity index (χ2v) is 6.15. The Morgan fingerprint density at radius 1 is 1.37 bits per heavy atom. The van der Waals surface area contributed by atoms with Gasteiger partial charge in [0, 0.05) is 10.9 Å². The third kappa shape index (κ3) is 3.30. The Hall–Kier alpha value is -1.03. The third-order valence-corrected chi connectivity index (χ3v) is 4.85. The molecule has 1 aromatic carbocycles. The van der Waals surface area contributed by atoms with E-state index in [0.29, 0.717) is 0 Å². The maximum absolute atomic E-state index is 6.16. The summed E-state index contributed by atoms with van der Waals surface area (Å²) in [6.45, 7) is 2.04. The van der Waals surface area contributed by atoms with E-state index in [9.17, 15) is 0 Å². The van der Waals surface area contributed by atoms with Gasteiger partial charge in [0.05, 0.1) is 11.4 Å². The summed E-state index contributed by atoms with van der Waals surface area (Å²) in [7, 11) is 3.68. The number of para-hydroxylation sites is 1. The highest BCUT2D eigenvalue weighted by Crippen LogP contribution is 2.33. The van der Waals surface area contributed by atoms with Crippen molar-refractivity contribution in [3.8, 4) is 5.75 Å². The minimum atomic E-state index is 0.257. The van der Waals surface area contributed by atoms with Crippen LogP contribution < -0.4 is 10.1 Å². The minimum absolute atomic E-state index is 0.257. The van der Waals surface area contributed by atoms with Crippen LogP contribution in [0.5, 0.6) is 5.75 Å².